The number of hydrogen-bond donors (Lipinski definition) is 0. The molecule has 2 aromatic rings. The van der Waals surface area contributed by atoms with Crippen molar-refractivity contribution in [2.24, 2.45) is 0 Å². The maximum atomic E-state index is 2.31. The van der Waals surface area contributed by atoms with E-state index in [9.17, 15) is 0 Å². The van der Waals surface area contributed by atoms with Crippen LogP contribution in [0.5, 0.6) is 0 Å². The smallest absolute Gasteiger partial charge is 0.0629 e. The predicted molar refractivity (Wildman–Crippen MR) is 99.3 cm³/mol. The summed E-state index contributed by atoms with van der Waals surface area (Å²) in [5.74, 6) is 0. The van der Waals surface area contributed by atoms with Gasteiger partial charge >= 0.3 is 0 Å². The molecule has 0 bridgehead atoms. The van der Waals surface area contributed by atoms with Gasteiger partial charge in [0.05, 0.1) is 0 Å². The summed E-state index contributed by atoms with van der Waals surface area (Å²) in [6.07, 6.45) is 0. The fourth-order valence-corrected chi connectivity index (χ4v) is 7.06. The van der Waals surface area contributed by atoms with Crippen LogP contribution in [0.15, 0.2) is 83.0 Å². The Bertz CT molecular complexity index is 660. The summed E-state index contributed by atoms with van der Waals surface area (Å²) in [7, 11) is -1.39. The van der Waals surface area contributed by atoms with Crippen LogP contribution in [0, 0.1) is 5.54 Å². The molecule has 1 heteroatoms. The zero-order valence-corrected chi connectivity index (χ0v) is 15.0. The van der Waals surface area contributed by atoms with E-state index in [4.69, 9.17) is 0 Å². The summed E-state index contributed by atoms with van der Waals surface area (Å²) in [4.78, 5) is 0. The fraction of sp³-hybridized carbons (Fsp3) is 0.190. The van der Waals surface area contributed by atoms with Crippen molar-refractivity contribution in [1.82, 2.24) is 0 Å². The molecule has 0 unspecified atom stereocenters. The molecule has 22 heavy (non-hydrogen) atoms. The van der Waals surface area contributed by atoms with Crippen LogP contribution in [0.3, 0.4) is 0 Å². The minimum atomic E-state index is -1.39. The van der Waals surface area contributed by atoms with Gasteiger partial charge in [0.15, 0.2) is 0 Å². The van der Waals surface area contributed by atoms with Crippen molar-refractivity contribution in [3.63, 3.8) is 0 Å². The summed E-state index contributed by atoms with van der Waals surface area (Å²) in [6, 6.07) is 22.1. The van der Waals surface area contributed by atoms with Crippen LogP contribution in [-0.4, -0.2) is 8.80 Å². The molecule has 2 aromatic carbocycles. The monoisotopic (exact) mass is 303 g/mol. The molecule has 0 saturated heterocycles. The first-order chi connectivity index (χ1) is 10.6. The molecule has 0 amide bonds. The third kappa shape index (κ3) is 2.50. The van der Waals surface area contributed by atoms with Gasteiger partial charge in [0.2, 0.25) is 0 Å². The average Bonchev–Trinajstić information content (AvgIpc) is 2.75. The standard InChI is InChI=1S/C21H23Si/c1-15-16(2)18(4)21(17(15)3)22(19-11-7-5-8-12-19)20-13-9-6-10-14-20/h5-14,22H,1-4H3. The van der Waals surface area contributed by atoms with Crippen LogP contribution in [0.2, 0.25) is 0 Å². The molecule has 0 fully saturated rings. The first kappa shape index (κ1) is 15.0. The van der Waals surface area contributed by atoms with Crippen molar-refractivity contribution < 1.29 is 0 Å². The van der Waals surface area contributed by atoms with Gasteiger partial charge in [0, 0.05) is 5.54 Å². The Kier molecular flexibility index (Phi) is 4.17. The molecule has 1 aliphatic carbocycles. The second-order valence-electron chi connectivity index (χ2n) is 6.17. The molecule has 1 radical (unpaired) electrons. The Morgan fingerprint density at radius 1 is 0.500 bits per heavy atom. The zero-order chi connectivity index (χ0) is 15.7. The minimum absolute atomic E-state index is 1.39. The maximum absolute atomic E-state index is 2.31. The summed E-state index contributed by atoms with van der Waals surface area (Å²) in [5, 5.41) is 3.01. The highest BCUT2D eigenvalue weighted by Gasteiger charge is 2.35. The topological polar surface area (TPSA) is 0 Å². The lowest BCUT2D eigenvalue weighted by molar-refractivity contribution is 1.29. The largest absolute Gasteiger partial charge is 0.118 e. The van der Waals surface area contributed by atoms with Crippen molar-refractivity contribution in [3.05, 3.63) is 88.5 Å². The van der Waals surface area contributed by atoms with E-state index in [0.717, 1.165) is 0 Å². The van der Waals surface area contributed by atoms with E-state index in [1.807, 2.05) is 0 Å². The van der Waals surface area contributed by atoms with Gasteiger partial charge in [-0.25, -0.2) is 0 Å². The second kappa shape index (κ2) is 6.10. The second-order valence-corrected chi connectivity index (χ2v) is 8.94. The number of hydrogen-bond acceptors (Lipinski definition) is 0. The van der Waals surface area contributed by atoms with Crippen molar-refractivity contribution in [3.8, 4) is 0 Å². The molecule has 0 N–H and O–H groups in total. The SMILES string of the molecule is CC1=C(C)C(C)=C(C)[C]1[SiH](c1ccccc1)c1ccccc1. The van der Waals surface area contributed by atoms with Crippen LogP contribution >= 0.6 is 0 Å². The van der Waals surface area contributed by atoms with Crippen molar-refractivity contribution in [2.75, 3.05) is 0 Å². The molecule has 0 heterocycles. The van der Waals surface area contributed by atoms with Gasteiger partial charge in [-0.15, -0.1) is 0 Å². The Morgan fingerprint density at radius 3 is 1.23 bits per heavy atom. The normalized spacial score (nSPS) is 16.0. The Morgan fingerprint density at radius 2 is 0.864 bits per heavy atom. The first-order valence-corrected chi connectivity index (χ1v) is 9.67. The van der Waals surface area contributed by atoms with Crippen molar-refractivity contribution >= 4 is 19.2 Å². The summed E-state index contributed by atoms with van der Waals surface area (Å²) < 4.78 is 0. The van der Waals surface area contributed by atoms with Crippen LogP contribution in [-0.2, 0) is 0 Å². The third-order valence-electron chi connectivity index (χ3n) is 5.05. The third-order valence-corrected chi connectivity index (χ3v) is 8.60. The average molecular weight is 304 g/mol. The molecular formula is C21H23Si. The highest BCUT2D eigenvalue weighted by molar-refractivity contribution is 6.91. The van der Waals surface area contributed by atoms with Gasteiger partial charge < -0.3 is 0 Å². The molecule has 0 nitrogen and oxygen atoms in total. The molecule has 1 aliphatic rings. The van der Waals surface area contributed by atoms with Gasteiger partial charge in [0.1, 0.15) is 8.80 Å². The van der Waals surface area contributed by atoms with Gasteiger partial charge in [0.25, 0.3) is 0 Å². The molecule has 111 valence electrons. The summed E-state index contributed by atoms with van der Waals surface area (Å²) in [6.45, 7) is 9.14. The number of allylic oxidation sites excluding steroid dienone is 4. The lowest BCUT2D eigenvalue weighted by atomic mass is 10.1. The zero-order valence-electron chi connectivity index (χ0n) is 13.9. The van der Waals surface area contributed by atoms with E-state index in [-0.39, 0.29) is 0 Å². The predicted octanol–water partition coefficient (Wildman–Crippen LogP) is 3.83. The van der Waals surface area contributed by atoms with Crippen molar-refractivity contribution in [1.29, 1.82) is 0 Å². The number of rotatable bonds is 3. The highest BCUT2D eigenvalue weighted by Crippen LogP contribution is 2.39. The van der Waals surface area contributed by atoms with E-state index in [1.165, 1.54) is 32.7 Å². The van der Waals surface area contributed by atoms with Gasteiger partial charge in [-0.1, -0.05) is 82.2 Å². The molecule has 0 saturated carbocycles. The Balaban J connectivity index is 2.16. The highest BCUT2D eigenvalue weighted by atomic mass is 28.3. The molecule has 0 aromatic heterocycles. The van der Waals surface area contributed by atoms with Crippen LogP contribution < -0.4 is 10.4 Å². The minimum Gasteiger partial charge on any atom is -0.0629 e. The molecule has 0 aliphatic heterocycles. The van der Waals surface area contributed by atoms with E-state index in [0.29, 0.717) is 0 Å². The lowest BCUT2D eigenvalue weighted by Crippen LogP contribution is -2.48. The van der Waals surface area contributed by atoms with Crippen LogP contribution in [0.1, 0.15) is 27.7 Å². The van der Waals surface area contributed by atoms with Crippen LogP contribution in [0.25, 0.3) is 0 Å². The molecule has 0 spiro atoms. The van der Waals surface area contributed by atoms with E-state index in [1.54, 1.807) is 5.54 Å². The maximum Gasteiger partial charge on any atom is 0.118 e. The van der Waals surface area contributed by atoms with Gasteiger partial charge in [-0.2, -0.15) is 0 Å². The molecule has 3 rings (SSSR count). The lowest BCUT2D eigenvalue weighted by Gasteiger charge is -2.26. The fourth-order valence-electron chi connectivity index (χ4n) is 3.50. The van der Waals surface area contributed by atoms with Crippen LogP contribution in [0.4, 0.5) is 0 Å². The summed E-state index contributed by atoms with van der Waals surface area (Å²) in [5.41, 5.74) is 7.56. The Labute approximate surface area is 135 Å². The Hall–Kier alpha value is -1.86. The number of benzene rings is 2. The summed E-state index contributed by atoms with van der Waals surface area (Å²) >= 11 is 0. The van der Waals surface area contributed by atoms with Gasteiger partial charge in [-0.05, 0) is 38.8 Å². The van der Waals surface area contributed by atoms with E-state index in [2.05, 4.69) is 88.4 Å². The molecular weight excluding hydrogens is 280 g/mol. The first-order valence-electron chi connectivity index (χ1n) is 7.94. The van der Waals surface area contributed by atoms with Crippen molar-refractivity contribution in [2.45, 2.75) is 27.7 Å². The molecule has 0 atom stereocenters. The van der Waals surface area contributed by atoms with E-state index < -0.39 is 8.80 Å². The quantitative estimate of drug-likeness (QED) is 0.756. The van der Waals surface area contributed by atoms with Gasteiger partial charge in [-0.3, -0.25) is 0 Å². The van der Waals surface area contributed by atoms with E-state index >= 15 is 0 Å².